The van der Waals surface area contributed by atoms with Crippen molar-refractivity contribution in [3.8, 4) is 0 Å². The summed E-state index contributed by atoms with van der Waals surface area (Å²) >= 11 is 0. The number of carbonyl (C=O) groups is 1. The van der Waals surface area contributed by atoms with E-state index in [0.717, 1.165) is 12.8 Å². The first-order chi connectivity index (χ1) is 17.9. The number of halogens is 2. The molecule has 2 N–H and O–H groups in total. The highest BCUT2D eigenvalue weighted by Gasteiger charge is 2.36. The van der Waals surface area contributed by atoms with Crippen LogP contribution in [0, 0.1) is 24.5 Å². The van der Waals surface area contributed by atoms with Crippen LogP contribution in [0.15, 0.2) is 39.9 Å². The van der Waals surface area contributed by atoms with Crippen molar-refractivity contribution in [1.29, 1.82) is 0 Å². The van der Waals surface area contributed by atoms with Crippen LogP contribution < -0.4 is 21.5 Å². The van der Waals surface area contributed by atoms with Gasteiger partial charge in [-0.2, -0.15) is 0 Å². The lowest BCUT2D eigenvalue weighted by Crippen LogP contribution is -2.39. The van der Waals surface area contributed by atoms with Gasteiger partial charge in [0.2, 0.25) is 0 Å². The van der Waals surface area contributed by atoms with Gasteiger partial charge in [-0.25, -0.2) is 18.4 Å². The molecule has 5 rings (SSSR count). The van der Waals surface area contributed by atoms with Gasteiger partial charge in [0.05, 0.1) is 22.6 Å². The zero-order valence-electron chi connectivity index (χ0n) is 21.9. The normalized spacial score (nSPS) is 18.6. The molecule has 1 aliphatic carbocycles. The minimum atomic E-state index is -0.730. The SMILES string of the molecule is Cc1c(N2CCC(C(NC(=O)OC(C)(C)C)c3ccccc3F)C2)c(F)cc2c(=O)[nH]c(=O)n(C3CC3)c12. The number of nitrogens with one attached hydrogen (secondary N) is 2. The summed E-state index contributed by atoms with van der Waals surface area (Å²) in [6.07, 6.45) is 1.53. The lowest BCUT2D eigenvalue weighted by molar-refractivity contribution is 0.0486. The molecule has 3 aromatic rings. The van der Waals surface area contributed by atoms with Crippen molar-refractivity contribution in [1.82, 2.24) is 14.9 Å². The maximum absolute atomic E-state index is 15.5. The van der Waals surface area contributed by atoms with Crippen LogP contribution in [-0.2, 0) is 4.74 Å². The zero-order chi connectivity index (χ0) is 27.4. The van der Waals surface area contributed by atoms with Gasteiger partial charge in [-0.1, -0.05) is 18.2 Å². The summed E-state index contributed by atoms with van der Waals surface area (Å²) in [4.78, 5) is 42.0. The van der Waals surface area contributed by atoms with Crippen LogP contribution in [0.4, 0.5) is 19.3 Å². The molecule has 1 saturated heterocycles. The maximum atomic E-state index is 15.5. The van der Waals surface area contributed by atoms with Gasteiger partial charge in [0, 0.05) is 36.2 Å². The van der Waals surface area contributed by atoms with E-state index in [1.165, 1.54) is 12.1 Å². The molecule has 8 nitrogen and oxygen atoms in total. The van der Waals surface area contributed by atoms with Crippen LogP contribution in [0.3, 0.4) is 0 Å². The molecule has 1 aromatic heterocycles. The number of aromatic nitrogens is 2. The molecule has 2 atom stereocenters. The molecule has 0 bridgehead atoms. The highest BCUT2D eigenvalue weighted by Crippen LogP contribution is 2.40. The van der Waals surface area contributed by atoms with E-state index in [1.807, 2.05) is 4.90 Å². The molecule has 1 aliphatic heterocycles. The molecular weight excluding hydrogens is 494 g/mol. The van der Waals surface area contributed by atoms with Crippen LogP contribution in [0.2, 0.25) is 0 Å². The molecule has 2 aromatic carbocycles. The molecule has 2 fully saturated rings. The summed E-state index contributed by atoms with van der Waals surface area (Å²) < 4.78 is 37.4. The number of nitrogens with zero attached hydrogens (tertiary/aromatic N) is 2. The number of aromatic amines is 1. The Morgan fingerprint density at radius 3 is 2.50 bits per heavy atom. The van der Waals surface area contributed by atoms with Crippen LogP contribution in [-0.4, -0.2) is 34.3 Å². The quantitative estimate of drug-likeness (QED) is 0.502. The topological polar surface area (TPSA) is 96.4 Å². The van der Waals surface area contributed by atoms with Gasteiger partial charge >= 0.3 is 11.8 Å². The monoisotopic (exact) mass is 526 g/mol. The molecule has 2 aliphatic rings. The number of alkyl carbamates (subject to hydrolysis) is 1. The smallest absolute Gasteiger partial charge is 0.408 e. The van der Waals surface area contributed by atoms with Gasteiger partial charge in [-0.05, 0) is 59.1 Å². The summed E-state index contributed by atoms with van der Waals surface area (Å²) in [7, 11) is 0. The Labute approximate surface area is 218 Å². The Bertz CT molecular complexity index is 1520. The molecule has 2 unspecified atom stereocenters. The molecular formula is C28H32F2N4O4. The van der Waals surface area contributed by atoms with Gasteiger partial charge in [0.15, 0.2) is 0 Å². The fraction of sp³-hybridized carbons (Fsp3) is 0.464. The predicted octanol–water partition coefficient (Wildman–Crippen LogP) is 4.70. The van der Waals surface area contributed by atoms with E-state index in [1.54, 1.807) is 50.5 Å². The van der Waals surface area contributed by atoms with Crippen molar-refractivity contribution in [3.05, 3.63) is 73.9 Å². The van der Waals surface area contributed by atoms with E-state index in [9.17, 15) is 18.8 Å². The Morgan fingerprint density at radius 2 is 1.84 bits per heavy atom. The van der Waals surface area contributed by atoms with Crippen LogP contribution >= 0.6 is 0 Å². The lowest BCUT2D eigenvalue weighted by atomic mass is 9.92. The average molecular weight is 527 g/mol. The van der Waals surface area contributed by atoms with Crippen molar-refractivity contribution in [2.24, 2.45) is 5.92 Å². The molecule has 202 valence electrons. The van der Waals surface area contributed by atoms with Gasteiger partial charge < -0.3 is 15.0 Å². The first-order valence-corrected chi connectivity index (χ1v) is 12.9. The first kappa shape index (κ1) is 25.9. The third kappa shape index (κ3) is 4.91. The molecule has 38 heavy (non-hydrogen) atoms. The van der Waals surface area contributed by atoms with E-state index >= 15 is 4.39 Å². The highest BCUT2D eigenvalue weighted by molar-refractivity contribution is 5.87. The van der Waals surface area contributed by atoms with E-state index in [4.69, 9.17) is 4.74 Å². The Balaban J connectivity index is 1.51. The number of aryl methyl sites for hydroxylation is 1. The summed E-state index contributed by atoms with van der Waals surface area (Å²) in [5.74, 6) is -1.27. The predicted molar refractivity (Wildman–Crippen MR) is 141 cm³/mol. The summed E-state index contributed by atoms with van der Waals surface area (Å²) in [6, 6.07) is 6.72. The summed E-state index contributed by atoms with van der Waals surface area (Å²) in [6.45, 7) is 7.75. The average Bonchev–Trinajstić information content (AvgIpc) is 3.54. The number of carbonyl (C=O) groups excluding carboxylic acids is 1. The number of fused-ring (bicyclic) bond motifs is 1. The van der Waals surface area contributed by atoms with E-state index < -0.39 is 40.6 Å². The second-order valence-electron chi connectivity index (χ2n) is 11.2. The van der Waals surface area contributed by atoms with Gasteiger partial charge in [0.1, 0.15) is 17.2 Å². The van der Waals surface area contributed by atoms with Crippen LogP contribution in [0.25, 0.3) is 10.9 Å². The Hall–Kier alpha value is -3.69. The molecule has 1 amide bonds. The number of rotatable bonds is 5. The summed E-state index contributed by atoms with van der Waals surface area (Å²) in [5.41, 5.74) is -0.246. The van der Waals surface area contributed by atoms with Crippen LogP contribution in [0.5, 0.6) is 0 Å². The minimum Gasteiger partial charge on any atom is -0.444 e. The van der Waals surface area contributed by atoms with E-state index in [0.29, 0.717) is 41.8 Å². The third-order valence-corrected chi connectivity index (χ3v) is 7.22. The number of ether oxygens (including phenoxy) is 1. The molecule has 0 radical (unpaired) electrons. The molecule has 1 saturated carbocycles. The zero-order valence-corrected chi connectivity index (χ0v) is 21.9. The summed E-state index contributed by atoms with van der Waals surface area (Å²) in [5, 5.41) is 2.98. The number of anilines is 1. The molecule has 10 heteroatoms. The number of amides is 1. The van der Waals surface area contributed by atoms with Crippen molar-refractivity contribution in [2.45, 2.75) is 64.6 Å². The number of benzene rings is 2. The standard InChI is InChI=1S/C28H32F2N4O4/c1-15-23-19(25(35)32-26(36)34(23)17-9-10-17)13-21(30)24(15)33-12-11-16(14-33)22(18-7-5-6-8-20(18)29)31-27(37)38-28(2,3)4/h5-8,13,16-17,22H,9-12,14H2,1-4H3,(H,31,37)(H,32,35,36). The Morgan fingerprint density at radius 1 is 1.13 bits per heavy atom. The lowest BCUT2D eigenvalue weighted by Gasteiger charge is -2.29. The van der Waals surface area contributed by atoms with Gasteiger partial charge in [-0.15, -0.1) is 0 Å². The number of hydrogen-bond acceptors (Lipinski definition) is 5. The van der Waals surface area contributed by atoms with E-state index in [-0.39, 0.29) is 17.3 Å². The van der Waals surface area contributed by atoms with Gasteiger partial charge in [-0.3, -0.25) is 14.3 Å². The maximum Gasteiger partial charge on any atom is 0.408 e. The van der Waals surface area contributed by atoms with Crippen molar-refractivity contribution < 1.29 is 18.3 Å². The van der Waals surface area contributed by atoms with Gasteiger partial charge in [0.25, 0.3) is 5.56 Å². The molecule has 2 heterocycles. The third-order valence-electron chi connectivity index (χ3n) is 7.22. The fourth-order valence-corrected chi connectivity index (χ4v) is 5.51. The largest absolute Gasteiger partial charge is 0.444 e. The Kier molecular flexibility index (Phi) is 6.53. The highest BCUT2D eigenvalue weighted by atomic mass is 19.1. The number of H-pyrrole nitrogens is 1. The first-order valence-electron chi connectivity index (χ1n) is 12.9. The minimum absolute atomic E-state index is 0.0198. The van der Waals surface area contributed by atoms with E-state index in [2.05, 4.69) is 10.3 Å². The van der Waals surface area contributed by atoms with Crippen molar-refractivity contribution in [3.63, 3.8) is 0 Å². The van der Waals surface area contributed by atoms with Crippen LogP contribution in [0.1, 0.15) is 63.2 Å². The van der Waals surface area contributed by atoms with Crippen molar-refractivity contribution in [2.75, 3.05) is 18.0 Å². The second kappa shape index (κ2) is 9.56. The molecule has 0 spiro atoms. The fourth-order valence-electron chi connectivity index (χ4n) is 5.51. The number of hydrogen-bond donors (Lipinski definition) is 2. The second-order valence-corrected chi connectivity index (χ2v) is 11.2. The van der Waals surface area contributed by atoms with Crippen molar-refractivity contribution >= 4 is 22.7 Å².